The highest BCUT2D eigenvalue weighted by Crippen LogP contribution is 2.34. The molecule has 0 spiro atoms. The predicted octanol–water partition coefficient (Wildman–Crippen LogP) is 6.45. The van der Waals surface area contributed by atoms with Crippen LogP contribution in [0.15, 0.2) is 166 Å². The van der Waals surface area contributed by atoms with E-state index in [0.29, 0.717) is 28.9 Å². The molecule has 4 aliphatic heterocycles. The smallest absolute Gasteiger partial charge is 0.188 e. The number of hydrogen-bond donors (Lipinski definition) is 1. The van der Waals surface area contributed by atoms with Crippen molar-refractivity contribution < 1.29 is 0 Å². The first kappa shape index (κ1) is 29.0. The van der Waals surface area contributed by atoms with Crippen LogP contribution in [0.4, 0.5) is 0 Å². The van der Waals surface area contributed by atoms with Crippen molar-refractivity contribution >= 4 is 38.4 Å². The third-order valence-corrected chi connectivity index (χ3v) is 9.78. The minimum absolute atomic E-state index is 0.0648. The van der Waals surface area contributed by atoms with Crippen molar-refractivity contribution in [3.8, 4) is 33.8 Å². The third kappa shape index (κ3) is 4.42. The molecule has 7 aliphatic rings. The molecule has 244 valence electrons. The number of nitrogens with zero attached hydrogens (tertiary/aromatic N) is 5. The van der Waals surface area contributed by atoms with Gasteiger partial charge < -0.3 is 4.57 Å². The van der Waals surface area contributed by atoms with Gasteiger partial charge in [-0.05, 0) is 78.2 Å². The second-order valence-corrected chi connectivity index (χ2v) is 12.8. The summed E-state index contributed by atoms with van der Waals surface area (Å²) in [6.07, 6.45) is 2.01. The summed E-state index contributed by atoms with van der Waals surface area (Å²) in [6.45, 7) is 0.320. The summed E-state index contributed by atoms with van der Waals surface area (Å²) in [5, 5.41) is 6.57. The van der Waals surface area contributed by atoms with Gasteiger partial charge in [-0.15, -0.1) is 5.53 Å². The van der Waals surface area contributed by atoms with Crippen LogP contribution in [0, 0.1) is 0 Å². The number of fused-ring (bicyclic) bond motifs is 6. The van der Waals surface area contributed by atoms with E-state index in [1.54, 1.807) is 36.4 Å². The fourth-order valence-corrected chi connectivity index (χ4v) is 7.54. The molecular formula is C42H28N6O3. The minimum atomic E-state index is -0.0835. The molecule has 0 atom stereocenters. The van der Waals surface area contributed by atoms with Gasteiger partial charge in [0.25, 0.3) is 0 Å². The lowest BCUT2D eigenvalue weighted by molar-refractivity contribution is 0.443. The van der Waals surface area contributed by atoms with Crippen LogP contribution in [0.2, 0.25) is 0 Å². The van der Waals surface area contributed by atoms with Crippen LogP contribution >= 0.6 is 0 Å². The Balaban J connectivity index is 1.31. The Morgan fingerprint density at radius 1 is 0.451 bits per heavy atom. The first-order valence-corrected chi connectivity index (χ1v) is 16.7. The van der Waals surface area contributed by atoms with Crippen LogP contribution in [0.1, 0.15) is 0 Å². The number of para-hydroxylation sites is 3. The average molecular weight is 665 g/mol. The van der Waals surface area contributed by atoms with Crippen molar-refractivity contribution in [2.75, 3.05) is 16.8 Å². The van der Waals surface area contributed by atoms with Gasteiger partial charge in [0.15, 0.2) is 16.3 Å². The topological polar surface area (TPSA) is 84.5 Å². The van der Waals surface area contributed by atoms with Gasteiger partial charge >= 0.3 is 0 Å². The standard InChI is InChI=1S/C42H28N6O3/c49-40-19-7-16-37-31(40)22-27-10-1-4-13-34(27)46(37)30-25-44(47-35-14-5-2-11-28(35)23-32-38(47)17-8-20-41(32)50)43-45(26-30)48-36-15-6-3-12-29(36)24-33-39(48)18-9-21-42(33)51/h1-25,43H,26H2. The summed E-state index contributed by atoms with van der Waals surface area (Å²) in [4.78, 5) is 40.0. The summed E-state index contributed by atoms with van der Waals surface area (Å²) >= 11 is 0. The van der Waals surface area contributed by atoms with E-state index in [2.05, 4.69) is 16.2 Å². The van der Waals surface area contributed by atoms with Gasteiger partial charge in [-0.3, -0.25) is 14.4 Å². The summed E-state index contributed by atoms with van der Waals surface area (Å²) in [6, 6.07) is 45.7. The Hall–Kier alpha value is -6.97. The molecule has 3 aliphatic carbocycles. The highest BCUT2D eigenvalue weighted by atomic mass is 16.1. The van der Waals surface area contributed by atoms with Gasteiger partial charge in [-0.25, -0.2) is 14.5 Å². The number of nitrogens with one attached hydrogen (secondary N) is 1. The number of pyridine rings is 3. The fourth-order valence-electron chi connectivity index (χ4n) is 7.54. The van der Waals surface area contributed by atoms with E-state index in [9.17, 15) is 14.4 Å². The first-order valence-electron chi connectivity index (χ1n) is 16.7. The zero-order valence-corrected chi connectivity index (χ0v) is 27.1. The van der Waals surface area contributed by atoms with E-state index >= 15 is 0 Å². The molecule has 1 N–H and O–H groups in total. The number of hydrazine groups is 2. The normalized spacial score (nSPS) is 13.6. The second-order valence-electron chi connectivity index (χ2n) is 12.8. The molecule has 51 heavy (non-hydrogen) atoms. The molecule has 0 radical (unpaired) electrons. The zero-order chi connectivity index (χ0) is 34.2. The molecule has 4 heterocycles. The summed E-state index contributed by atoms with van der Waals surface area (Å²) in [7, 11) is 0. The Kier molecular flexibility index (Phi) is 6.27. The van der Waals surface area contributed by atoms with E-state index in [1.807, 2.05) is 129 Å². The lowest BCUT2D eigenvalue weighted by Gasteiger charge is -2.42. The molecule has 3 aromatic carbocycles. The maximum Gasteiger partial charge on any atom is 0.188 e. The minimum Gasteiger partial charge on any atom is -0.309 e. The van der Waals surface area contributed by atoms with Crippen molar-refractivity contribution in [1.29, 1.82) is 0 Å². The lowest BCUT2D eigenvalue weighted by Crippen LogP contribution is -2.61. The van der Waals surface area contributed by atoms with Crippen molar-refractivity contribution in [3.63, 3.8) is 0 Å². The van der Waals surface area contributed by atoms with E-state index < -0.39 is 0 Å². The first-order chi connectivity index (χ1) is 25.0. The van der Waals surface area contributed by atoms with Crippen LogP contribution in [-0.2, 0) is 0 Å². The summed E-state index contributed by atoms with van der Waals surface area (Å²) < 4.78 is 6.16. The Morgan fingerprint density at radius 3 is 1.49 bits per heavy atom. The molecule has 10 rings (SSSR count). The van der Waals surface area contributed by atoms with Crippen molar-refractivity contribution in [2.45, 2.75) is 0 Å². The number of aromatic nitrogens is 3. The largest absolute Gasteiger partial charge is 0.309 e. The zero-order valence-electron chi connectivity index (χ0n) is 27.1. The Labute approximate surface area is 290 Å². The molecule has 0 aromatic heterocycles. The van der Waals surface area contributed by atoms with Gasteiger partial charge in [-0.2, -0.15) is 5.12 Å². The molecule has 0 amide bonds. The highest BCUT2D eigenvalue weighted by Gasteiger charge is 2.29. The molecular weight excluding hydrogens is 637 g/mol. The lowest BCUT2D eigenvalue weighted by atomic mass is 10.0. The van der Waals surface area contributed by atoms with E-state index in [1.165, 1.54) is 0 Å². The number of hydrogen-bond acceptors (Lipinski definition) is 6. The molecule has 9 nitrogen and oxygen atoms in total. The fraction of sp³-hybridized carbons (Fsp3) is 0.0238. The molecule has 0 fully saturated rings. The van der Waals surface area contributed by atoms with Crippen LogP contribution in [0.25, 0.3) is 72.2 Å². The SMILES string of the molecule is O=c1cccc2n(C3=CN(n4c5cccc(=O)c-5cc5ccccc54)NN(n4c5cccc(=O)c-5cc5ccccc54)C3)c3ccccc3cc1-2. The van der Waals surface area contributed by atoms with Crippen molar-refractivity contribution in [2.24, 2.45) is 0 Å². The maximum absolute atomic E-state index is 13.3. The number of rotatable bonds is 3. The quantitative estimate of drug-likeness (QED) is 0.219. The monoisotopic (exact) mass is 664 g/mol. The molecule has 9 heteroatoms. The van der Waals surface area contributed by atoms with E-state index in [0.717, 1.165) is 49.8 Å². The van der Waals surface area contributed by atoms with Gasteiger partial charge in [0.05, 0.1) is 52.1 Å². The molecule has 0 saturated heterocycles. The van der Waals surface area contributed by atoms with Crippen LogP contribution in [-0.4, -0.2) is 20.5 Å². The average Bonchev–Trinajstić information content (AvgIpc) is 3.16. The van der Waals surface area contributed by atoms with Gasteiger partial charge in [-0.1, -0.05) is 72.8 Å². The van der Waals surface area contributed by atoms with Crippen LogP contribution < -0.4 is 32.1 Å². The molecule has 3 aromatic rings. The van der Waals surface area contributed by atoms with Crippen molar-refractivity contribution in [3.05, 3.63) is 182 Å². The Morgan fingerprint density at radius 2 is 0.902 bits per heavy atom. The summed E-state index contributed by atoms with van der Waals surface area (Å²) in [5.41, 5.74) is 10.9. The third-order valence-electron chi connectivity index (χ3n) is 9.78. The summed E-state index contributed by atoms with van der Waals surface area (Å²) in [5.74, 6) is 0. The van der Waals surface area contributed by atoms with Gasteiger partial charge in [0.2, 0.25) is 0 Å². The molecule has 0 bridgehead atoms. The van der Waals surface area contributed by atoms with Gasteiger partial charge in [0, 0.05) is 27.5 Å². The maximum atomic E-state index is 13.3. The molecule has 0 unspecified atom stereocenters. The predicted molar refractivity (Wildman–Crippen MR) is 203 cm³/mol. The van der Waals surface area contributed by atoms with Crippen molar-refractivity contribution in [1.82, 2.24) is 19.5 Å². The van der Waals surface area contributed by atoms with Crippen LogP contribution in [0.5, 0.6) is 0 Å². The second kappa shape index (κ2) is 11.0. The highest BCUT2D eigenvalue weighted by molar-refractivity contribution is 5.92. The van der Waals surface area contributed by atoms with Crippen LogP contribution in [0.3, 0.4) is 0 Å². The Bertz CT molecular complexity index is 2970. The number of benzene rings is 6. The van der Waals surface area contributed by atoms with E-state index in [-0.39, 0.29) is 16.3 Å². The van der Waals surface area contributed by atoms with Gasteiger partial charge in [0.1, 0.15) is 0 Å². The molecule has 0 saturated carbocycles. The van der Waals surface area contributed by atoms with E-state index in [4.69, 9.17) is 0 Å².